The maximum atomic E-state index is 15.0. The molecule has 0 radical (unpaired) electrons. The number of aryl methyl sites for hydroxylation is 3. The van der Waals surface area contributed by atoms with Gasteiger partial charge in [0.25, 0.3) is 0 Å². The summed E-state index contributed by atoms with van der Waals surface area (Å²) < 4.78 is 32.9. The van der Waals surface area contributed by atoms with Crippen LogP contribution in [0.1, 0.15) is 35.4 Å². The number of fused-ring (bicyclic) bond motifs is 1. The standard InChI is InChI=1S/C19H18F2N6/c1-11-9-22-12(2)18-24-17(25-27(11)18)15(20)16(21)19-23-14(10-26(19)3)13-7-5-4-6-8-13/h4-10,15-16H,1-3H3/t15-,16-/m0/s1. The Balaban J connectivity index is 1.69. The van der Waals surface area contributed by atoms with E-state index < -0.39 is 12.3 Å². The first-order valence-corrected chi connectivity index (χ1v) is 8.51. The second kappa shape index (κ2) is 6.53. The van der Waals surface area contributed by atoms with Crippen LogP contribution in [0.2, 0.25) is 0 Å². The molecular weight excluding hydrogens is 350 g/mol. The molecule has 3 aromatic heterocycles. The summed E-state index contributed by atoms with van der Waals surface area (Å²) in [6, 6.07) is 9.36. The summed E-state index contributed by atoms with van der Waals surface area (Å²) in [5.41, 5.74) is 3.14. The predicted molar refractivity (Wildman–Crippen MR) is 96.6 cm³/mol. The lowest BCUT2D eigenvalue weighted by molar-refractivity contribution is 0.151. The van der Waals surface area contributed by atoms with E-state index in [2.05, 4.69) is 20.1 Å². The van der Waals surface area contributed by atoms with Gasteiger partial charge in [0.05, 0.1) is 17.1 Å². The van der Waals surface area contributed by atoms with Gasteiger partial charge in [0.2, 0.25) is 0 Å². The Bertz CT molecular complexity index is 1060. The summed E-state index contributed by atoms with van der Waals surface area (Å²) in [5.74, 6) is -0.224. The van der Waals surface area contributed by atoms with Crippen LogP contribution in [0.25, 0.3) is 16.9 Å². The van der Waals surface area contributed by atoms with Crippen molar-refractivity contribution in [1.29, 1.82) is 0 Å². The Labute approximate surface area is 154 Å². The maximum absolute atomic E-state index is 15.0. The highest BCUT2D eigenvalue weighted by atomic mass is 19.2. The van der Waals surface area contributed by atoms with Crippen LogP contribution in [0.15, 0.2) is 42.7 Å². The summed E-state index contributed by atoms with van der Waals surface area (Å²) in [4.78, 5) is 12.6. The quantitative estimate of drug-likeness (QED) is 0.549. The summed E-state index contributed by atoms with van der Waals surface area (Å²) >= 11 is 0. The normalized spacial score (nSPS) is 13.8. The van der Waals surface area contributed by atoms with Gasteiger partial charge in [0.15, 0.2) is 23.8 Å². The highest BCUT2D eigenvalue weighted by Crippen LogP contribution is 2.34. The molecule has 0 bridgehead atoms. The van der Waals surface area contributed by atoms with Gasteiger partial charge in [-0.25, -0.2) is 23.3 Å². The number of benzene rings is 1. The summed E-state index contributed by atoms with van der Waals surface area (Å²) in [6.45, 7) is 3.53. The minimum absolute atomic E-state index is 0.00761. The van der Waals surface area contributed by atoms with E-state index in [1.54, 1.807) is 33.3 Å². The molecular formula is C19H18F2N6. The van der Waals surface area contributed by atoms with E-state index in [9.17, 15) is 8.78 Å². The largest absolute Gasteiger partial charge is 0.335 e. The monoisotopic (exact) mass is 368 g/mol. The fourth-order valence-electron chi connectivity index (χ4n) is 2.97. The van der Waals surface area contributed by atoms with E-state index in [-0.39, 0.29) is 11.6 Å². The molecule has 0 aliphatic carbocycles. The molecule has 4 aromatic rings. The smallest absolute Gasteiger partial charge is 0.199 e. The topological polar surface area (TPSA) is 60.9 Å². The number of halogens is 2. The van der Waals surface area contributed by atoms with Crippen molar-refractivity contribution in [2.45, 2.75) is 26.2 Å². The van der Waals surface area contributed by atoms with Gasteiger partial charge in [-0.1, -0.05) is 30.3 Å². The van der Waals surface area contributed by atoms with E-state index in [0.29, 0.717) is 22.7 Å². The SMILES string of the molecule is Cc1ncc(C)n2nc([C@@H](F)[C@H](F)c3nc(-c4ccccc4)cn3C)nc12. The third-order valence-corrected chi connectivity index (χ3v) is 4.46. The molecule has 6 nitrogen and oxygen atoms in total. The first-order chi connectivity index (χ1) is 13.0. The zero-order chi connectivity index (χ0) is 19.1. The van der Waals surface area contributed by atoms with Crippen LogP contribution in [0.3, 0.4) is 0 Å². The Kier molecular flexibility index (Phi) is 4.18. The Morgan fingerprint density at radius 2 is 1.74 bits per heavy atom. The molecule has 0 fully saturated rings. The van der Waals surface area contributed by atoms with Crippen molar-refractivity contribution >= 4 is 5.65 Å². The molecule has 4 rings (SSSR count). The van der Waals surface area contributed by atoms with Crippen LogP contribution < -0.4 is 0 Å². The van der Waals surface area contributed by atoms with Gasteiger partial charge in [-0.15, -0.1) is 5.10 Å². The van der Waals surface area contributed by atoms with Crippen LogP contribution in [0.4, 0.5) is 8.78 Å². The molecule has 3 heterocycles. The van der Waals surface area contributed by atoms with E-state index >= 15 is 0 Å². The van der Waals surface area contributed by atoms with Crippen LogP contribution in [-0.2, 0) is 7.05 Å². The van der Waals surface area contributed by atoms with Crippen LogP contribution in [0, 0.1) is 13.8 Å². The van der Waals surface area contributed by atoms with Crippen LogP contribution in [-0.4, -0.2) is 29.1 Å². The fraction of sp³-hybridized carbons (Fsp3) is 0.263. The lowest BCUT2D eigenvalue weighted by Gasteiger charge is -2.10. The molecule has 1 aromatic carbocycles. The lowest BCUT2D eigenvalue weighted by atomic mass is 10.2. The number of hydrogen-bond acceptors (Lipinski definition) is 4. The first-order valence-electron chi connectivity index (χ1n) is 8.51. The number of hydrogen-bond donors (Lipinski definition) is 0. The molecule has 0 saturated heterocycles. The molecule has 0 spiro atoms. The van der Waals surface area contributed by atoms with Crippen molar-refractivity contribution in [2.75, 3.05) is 0 Å². The van der Waals surface area contributed by atoms with Gasteiger partial charge in [-0.3, -0.25) is 4.98 Å². The Morgan fingerprint density at radius 3 is 2.44 bits per heavy atom. The highest BCUT2D eigenvalue weighted by Gasteiger charge is 2.32. The molecule has 138 valence electrons. The number of nitrogens with zero attached hydrogens (tertiary/aromatic N) is 6. The second-order valence-electron chi connectivity index (χ2n) is 6.46. The van der Waals surface area contributed by atoms with E-state index in [1.165, 1.54) is 9.08 Å². The molecule has 27 heavy (non-hydrogen) atoms. The van der Waals surface area contributed by atoms with Crippen molar-refractivity contribution in [3.8, 4) is 11.3 Å². The van der Waals surface area contributed by atoms with Crippen molar-refractivity contribution < 1.29 is 8.78 Å². The number of aromatic nitrogens is 6. The predicted octanol–water partition coefficient (Wildman–Crippen LogP) is 3.86. The van der Waals surface area contributed by atoms with Crippen molar-refractivity contribution in [2.24, 2.45) is 7.05 Å². The summed E-state index contributed by atoms with van der Waals surface area (Å²) in [7, 11) is 1.64. The third-order valence-electron chi connectivity index (χ3n) is 4.46. The number of alkyl halides is 2. The molecule has 8 heteroatoms. The van der Waals surface area contributed by atoms with E-state index in [0.717, 1.165) is 5.56 Å². The molecule has 0 amide bonds. The van der Waals surface area contributed by atoms with Gasteiger partial charge >= 0.3 is 0 Å². The molecule has 0 unspecified atom stereocenters. The Morgan fingerprint density at radius 1 is 1.00 bits per heavy atom. The van der Waals surface area contributed by atoms with Gasteiger partial charge in [0, 0.05) is 25.0 Å². The average molecular weight is 368 g/mol. The minimum atomic E-state index is -2.03. The Hall–Kier alpha value is -3.16. The summed E-state index contributed by atoms with van der Waals surface area (Å²) in [5, 5.41) is 4.13. The average Bonchev–Trinajstić information content (AvgIpc) is 3.29. The molecule has 0 aliphatic heterocycles. The molecule has 0 N–H and O–H groups in total. The molecule has 0 saturated carbocycles. The van der Waals surface area contributed by atoms with Gasteiger partial charge in [0.1, 0.15) is 5.82 Å². The van der Waals surface area contributed by atoms with Gasteiger partial charge in [-0.2, -0.15) is 0 Å². The minimum Gasteiger partial charge on any atom is -0.335 e. The maximum Gasteiger partial charge on any atom is 0.199 e. The highest BCUT2D eigenvalue weighted by molar-refractivity contribution is 5.58. The van der Waals surface area contributed by atoms with Crippen molar-refractivity contribution in [1.82, 2.24) is 29.1 Å². The molecule has 2 atom stereocenters. The zero-order valence-electron chi connectivity index (χ0n) is 15.1. The number of rotatable bonds is 4. The lowest BCUT2D eigenvalue weighted by Crippen LogP contribution is -2.09. The molecule has 0 aliphatic rings. The van der Waals surface area contributed by atoms with E-state index in [4.69, 9.17) is 0 Å². The van der Waals surface area contributed by atoms with Crippen molar-refractivity contribution in [3.05, 3.63) is 65.8 Å². The van der Waals surface area contributed by atoms with Crippen LogP contribution >= 0.6 is 0 Å². The van der Waals surface area contributed by atoms with Crippen LogP contribution in [0.5, 0.6) is 0 Å². The first kappa shape index (κ1) is 17.3. The second-order valence-corrected chi connectivity index (χ2v) is 6.46. The van der Waals surface area contributed by atoms with E-state index in [1.807, 2.05) is 30.3 Å². The number of imidazole rings is 1. The van der Waals surface area contributed by atoms with Crippen molar-refractivity contribution in [3.63, 3.8) is 0 Å². The third kappa shape index (κ3) is 2.97. The zero-order valence-corrected chi connectivity index (χ0v) is 15.1. The fourth-order valence-corrected chi connectivity index (χ4v) is 2.97. The summed E-state index contributed by atoms with van der Waals surface area (Å²) in [6.07, 6.45) is -0.725. The van der Waals surface area contributed by atoms with Gasteiger partial charge < -0.3 is 4.57 Å². The van der Waals surface area contributed by atoms with Gasteiger partial charge in [-0.05, 0) is 13.8 Å².